The monoisotopic (exact) mass is 326 g/mol. The molecule has 2 aromatic rings. The number of carbonyl (C=O) groups is 2. The number of rotatable bonds is 5. The van der Waals surface area contributed by atoms with Gasteiger partial charge in [0.15, 0.2) is 6.10 Å². The number of ether oxygens (including phenoxy) is 1. The summed E-state index contributed by atoms with van der Waals surface area (Å²) < 4.78 is 5.70. The summed E-state index contributed by atoms with van der Waals surface area (Å²) in [6, 6.07) is 12.7. The van der Waals surface area contributed by atoms with E-state index >= 15 is 0 Å². The van der Waals surface area contributed by atoms with Gasteiger partial charge in [-0.3, -0.25) is 9.59 Å². The van der Waals surface area contributed by atoms with E-state index in [2.05, 4.69) is 10.6 Å². The highest BCUT2D eigenvalue weighted by molar-refractivity contribution is 5.95. The minimum atomic E-state index is -0.642. The highest BCUT2D eigenvalue weighted by atomic mass is 16.5. The molecule has 2 rings (SSSR count). The molecule has 0 unspecified atom stereocenters. The van der Waals surface area contributed by atoms with E-state index < -0.39 is 6.10 Å². The van der Waals surface area contributed by atoms with Crippen LogP contribution in [-0.4, -0.2) is 17.9 Å². The van der Waals surface area contributed by atoms with Crippen molar-refractivity contribution < 1.29 is 14.3 Å². The Morgan fingerprint density at radius 3 is 2.25 bits per heavy atom. The number of nitrogens with one attached hydrogen (secondary N) is 2. The van der Waals surface area contributed by atoms with Crippen molar-refractivity contribution in [3.05, 3.63) is 53.6 Å². The van der Waals surface area contributed by atoms with E-state index in [-0.39, 0.29) is 11.8 Å². The molecule has 2 aromatic carbocycles. The zero-order valence-electron chi connectivity index (χ0n) is 14.3. The van der Waals surface area contributed by atoms with Gasteiger partial charge in [0.05, 0.1) is 0 Å². The fraction of sp³-hybridized carbons (Fsp3) is 0.263. The molecule has 0 aliphatic heterocycles. The SMILES string of the molecule is CC(=O)Nc1cccc(NC(=O)[C@@H](C)Oc2ccc(C)c(C)c2)c1. The maximum absolute atomic E-state index is 12.3. The van der Waals surface area contributed by atoms with E-state index in [1.54, 1.807) is 31.2 Å². The Balaban J connectivity index is 2.00. The third kappa shape index (κ3) is 4.84. The van der Waals surface area contributed by atoms with Crippen LogP contribution >= 0.6 is 0 Å². The molecule has 0 fully saturated rings. The third-order valence-electron chi connectivity index (χ3n) is 3.61. The first kappa shape index (κ1) is 17.5. The topological polar surface area (TPSA) is 67.4 Å². The van der Waals surface area contributed by atoms with Crippen LogP contribution in [0, 0.1) is 13.8 Å². The molecule has 0 bridgehead atoms. The van der Waals surface area contributed by atoms with Crippen molar-refractivity contribution in [3.63, 3.8) is 0 Å². The molecule has 0 saturated heterocycles. The maximum atomic E-state index is 12.3. The lowest BCUT2D eigenvalue weighted by Gasteiger charge is -2.16. The molecule has 0 heterocycles. The number of hydrogen-bond acceptors (Lipinski definition) is 3. The summed E-state index contributed by atoms with van der Waals surface area (Å²) in [5, 5.41) is 5.46. The summed E-state index contributed by atoms with van der Waals surface area (Å²) in [5.74, 6) is 0.242. The number of anilines is 2. The molecule has 0 saturated carbocycles. The van der Waals surface area contributed by atoms with Crippen LogP contribution in [0.25, 0.3) is 0 Å². The van der Waals surface area contributed by atoms with Gasteiger partial charge in [0.25, 0.3) is 5.91 Å². The fourth-order valence-electron chi connectivity index (χ4n) is 2.17. The smallest absolute Gasteiger partial charge is 0.265 e. The van der Waals surface area contributed by atoms with Crippen molar-refractivity contribution >= 4 is 23.2 Å². The summed E-state index contributed by atoms with van der Waals surface area (Å²) >= 11 is 0. The van der Waals surface area contributed by atoms with Crippen LogP contribution in [0.15, 0.2) is 42.5 Å². The van der Waals surface area contributed by atoms with Crippen LogP contribution in [0.4, 0.5) is 11.4 Å². The molecule has 0 aromatic heterocycles. The third-order valence-corrected chi connectivity index (χ3v) is 3.61. The van der Waals surface area contributed by atoms with E-state index in [9.17, 15) is 9.59 Å². The summed E-state index contributed by atoms with van der Waals surface area (Å²) in [4.78, 5) is 23.4. The van der Waals surface area contributed by atoms with Crippen LogP contribution in [0.3, 0.4) is 0 Å². The van der Waals surface area contributed by atoms with Gasteiger partial charge in [-0.25, -0.2) is 0 Å². The van der Waals surface area contributed by atoms with Crippen LogP contribution in [0.5, 0.6) is 5.75 Å². The normalized spacial score (nSPS) is 11.5. The Morgan fingerprint density at radius 2 is 1.62 bits per heavy atom. The molecule has 1 atom stereocenters. The molecule has 2 N–H and O–H groups in total. The maximum Gasteiger partial charge on any atom is 0.265 e. The number of amides is 2. The van der Waals surface area contributed by atoms with Gasteiger partial charge in [0.2, 0.25) is 5.91 Å². The van der Waals surface area contributed by atoms with Crippen LogP contribution in [0.1, 0.15) is 25.0 Å². The quantitative estimate of drug-likeness (QED) is 0.881. The van der Waals surface area contributed by atoms with Gasteiger partial charge in [-0.05, 0) is 62.2 Å². The van der Waals surface area contributed by atoms with Gasteiger partial charge in [-0.1, -0.05) is 12.1 Å². The van der Waals surface area contributed by atoms with Crippen molar-refractivity contribution in [3.8, 4) is 5.75 Å². The summed E-state index contributed by atoms with van der Waals surface area (Å²) in [6.07, 6.45) is -0.642. The van der Waals surface area contributed by atoms with Crippen molar-refractivity contribution in [1.29, 1.82) is 0 Å². The van der Waals surface area contributed by atoms with Gasteiger partial charge in [0, 0.05) is 18.3 Å². The van der Waals surface area contributed by atoms with E-state index in [0.717, 1.165) is 5.56 Å². The zero-order valence-corrected chi connectivity index (χ0v) is 14.3. The average Bonchev–Trinajstić information content (AvgIpc) is 2.50. The van der Waals surface area contributed by atoms with E-state index in [1.165, 1.54) is 12.5 Å². The summed E-state index contributed by atoms with van der Waals surface area (Å²) in [6.45, 7) is 7.16. The molecular weight excluding hydrogens is 304 g/mol. The second-order valence-corrected chi connectivity index (χ2v) is 5.76. The Kier molecular flexibility index (Phi) is 5.58. The standard InChI is InChI=1S/C19H22N2O3/c1-12-8-9-18(10-13(12)2)24-14(3)19(23)21-17-7-5-6-16(11-17)20-15(4)22/h5-11,14H,1-4H3,(H,20,22)(H,21,23)/t14-/m1/s1. The molecule has 5 nitrogen and oxygen atoms in total. The van der Waals surface area contributed by atoms with E-state index in [1.807, 2.05) is 32.0 Å². The van der Waals surface area contributed by atoms with Gasteiger partial charge in [0.1, 0.15) is 5.75 Å². The number of hydrogen-bond donors (Lipinski definition) is 2. The lowest BCUT2D eigenvalue weighted by molar-refractivity contribution is -0.122. The molecule has 0 aliphatic rings. The molecule has 126 valence electrons. The van der Waals surface area contributed by atoms with Crippen molar-refractivity contribution in [2.45, 2.75) is 33.8 Å². The number of aryl methyl sites for hydroxylation is 2. The Hall–Kier alpha value is -2.82. The first-order valence-electron chi connectivity index (χ1n) is 7.77. The largest absolute Gasteiger partial charge is 0.481 e. The Morgan fingerprint density at radius 1 is 0.958 bits per heavy atom. The predicted octanol–water partition coefficient (Wildman–Crippen LogP) is 3.67. The highest BCUT2D eigenvalue weighted by Crippen LogP contribution is 2.19. The lowest BCUT2D eigenvalue weighted by Crippen LogP contribution is -2.30. The van der Waals surface area contributed by atoms with Crippen LogP contribution in [0.2, 0.25) is 0 Å². The Bertz CT molecular complexity index is 756. The van der Waals surface area contributed by atoms with Gasteiger partial charge in [-0.15, -0.1) is 0 Å². The molecular formula is C19H22N2O3. The predicted molar refractivity (Wildman–Crippen MR) is 95.4 cm³/mol. The zero-order chi connectivity index (χ0) is 17.7. The molecule has 0 spiro atoms. The second-order valence-electron chi connectivity index (χ2n) is 5.76. The second kappa shape index (κ2) is 7.64. The van der Waals surface area contributed by atoms with Crippen molar-refractivity contribution in [2.75, 3.05) is 10.6 Å². The Labute approximate surface area is 142 Å². The first-order chi connectivity index (χ1) is 11.3. The van der Waals surface area contributed by atoms with Gasteiger partial charge < -0.3 is 15.4 Å². The highest BCUT2D eigenvalue weighted by Gasteiger charge is 2.15. The van der Waals surface area contributed by atoms with E-state index in [4.69, 9.17) is 4.74 Å². The minimum absolute atomic E-state index is 0.162. The van der Waals surface area contributed by atoms with E-state index in [0.29, 0.717) is 17.1 Å². The number of carbonyl (C=O) groups excluding carboxylic acids is 2. The fourth-order valence-corrected chi connectivity index (χ4v) is 2.17. The lowest BCUT2D eigenvalue weighted by atomic mass is 10.1. The first-order valence-corrected chi connectivity index (χ1v) is 7.77. The molecule has 5 heteroatoms. The number of benzene rings is 2. The van der Waals surface area contributed by atoms with Crippen molar-refractivity contribution in [2.24, 2.45) is 0 Å². The average molecular weight is 326 g/mol. The minimum Gasteiger partial charge on any atom is -0.481 e. The molecule has 24 heavy (non-hydrogen) atoms. The van der Waals surface area contributed by atoms with Crippen LogP contribution < -0.4 is 15.4 Å². The van der Waals surface area contributed by atoms with Gasteiger partial charge in [-0.2, -0.15) is 0 Å². The molecule has 2 amide bonds. The van der Waals surface area contributed by atoms with Gasteiger partial charge >= 0.3 is 0 Å². The van der Waals surface area contributed by atoms with Crippen molar-refractivity contribution in [1.82, 2.24) is 0 Å². The molecule has 0 aliphatic carbocycles. The summed E-state index contributed by atoms with van der Waals surface area (Å²) in [5.41, 5.74) is 3.52. The summed E-state index contributed by atoms with van der Waals surface area (Å²) in [7, 11) is 0. The molecule has 0 radical (unpaired) electrons. The van der Waals surface area contributed by atoms with Crippen LogP contribution in [-0.2, 0) is 9.59 Å².